The summed E-state index contributed by atoms with van der Waals surface area (Å²) in [4.78, 5) is 15.9. The first-order valence-electron chi connectivity index (χ1n) is 6.84. The Morgan fingerprint density at radius 2 is 1.96 bits per heavy atom. The lowest BCUT2D eigenvalue weighted by Crippen LogP contribution is -2.20. The van der Waals surface area contributed by atoms with E-state index in [0.29, 0.717) is 16.6 Å². The summed E-state index contributed by atoms with van der Waals surface area (Å²) in [5, 5.41) is 5.31. The van der Waals surface area contributed by atoms with Gasteiger partial charge in [-0.1, -0.05) is 39.7 Å². The summed E-state index contributed by atoms with van der Waals surface area (Å²) < 4.78 is 6.52. The molecule has 1 aromatic heterocycles. The van der Waals surface area contributed by atoms with Gasteiger partial charge in [-0.2, -0.15) is 0 Å². The molecule has 0 saturated heterocycles. The highest BCUT2D eigenvalue weighted by atomic mass is 79.9. The molecule has 3 rings (SSSR count). The van der Waals surface area contributed by atoms with Crippen LogP contribution in [-0.4, -0.2) is 17.5 Å². The maximum absolute atomic E-state index is 11.9. The Labute approximate surface area is 146 Å². The van der Waals surface area contributed by atoms with Gasteiger partial charge in [0.05, 0.1) is 5.02 Å². The number of hydrogen-bond acceptors (Lipinski definition) is 3. The Kier molecular flexibility index (Phi) is 4.79. The van der Waals surface area contributed by atoms with Crippen molar-refractivity contribution in [3.05, 3.63) is 64.2 Å². The average Bonchev–Trinajstić information content (AvgIpc) is 2.54. The molecule has 0 spiro atoms. The first kappa shape index (κ1) is 15.8. The smallest absolute Gasteiger partial charge is 0.263 e. The molecule has 6 heteroatoms. The quantitative estimate of drug-likeness (QED) is 0.703. The SMILES string of the molecule is O=C(COc1ccc2ccc(Br)cc2c1)Nc1ccc(Cl)cn1. The minimum absolute atomic E-state index is 0.0934. The normalized spacial score (nSPS) is 10.5. The van der Waals surface area contributed by atoms with E-state index in [1.807, 2.05) is 36.4 Å². The molecule has 0 radical (unpaired) electrons. The Hall–Kier alpha value is -2.11. The van der Waals surface area contributed by atoms with E-state index in [4.69, 9.17) is 16.3 Å². The fourth-order valence-corrected chi connectivity index (χ4v) is 2.55. The lowest BCUT2D eigenvalue weighted by Gasteiger charge is -2.08. The second-order valence-electron chi connectivity index (χ2n) is 4.85. The van der Waals surface area contributed by atoms with E-state index >= 15 is 0 Å². The van der Waals surface area contributed by atoms with Crippen LogP contribution in [0.15, 0.2) is 59.2 Å². The van der Waals surface area contributed by atoms with Gasteiger partial charge >= 0.3 is 0 Å². The molecule has 1 heterocycles. The molecule has 116 valence electrons. The van der Waals surface area contributed by atoms with Crippen LogP contribution in [0.1, 0.15) is 0 Å². The molecule has 0 atom stereocenters. The zero-order chi connectivity index (χ0) is 16.2. The maximum atomic E-state index is 11.9. The summed E-state index contributed by atoms with van der Waals surface area (Å²) in [5.41, 5.74) is 0. The summed E-state index contributed by atoms with van der Waals surface area (Å²) in [6.07, 6.45) is 1.47. The highest BCUT2D eigenvalue weighted by Gasteiger charge is 2.05. The van der Waals surface area contributed by atoms with Crippen LogP contribution in [-0.2, 0) is 4.79 Å². The number of fused-ring (bicyclic) bond motifs is 1. The Morgan fingerprint density at radius 3 is 2.74 bits per heavy atom. The van der Waals surface area contributed by atoms with Gasteiger partial charge in [-0.25, -0.2) is 4.98 Å². The molecule has 1 N–H and O–H groups in total. The van der Waals surface area contributed by atoms with Crippen molar-refractivity contribution in [3.8, 4) is 5.75 Å². The number of amides is 1. The molecule has 0 saturated carbocycles. The fraction of sp³-hybridized carbons (Fsp3) is 0.0588. The van der Waals surface area contributed by atoms with Crippen molar-refractivity contribution in [2.75, 3.05) is 11.9 Å². The number of nitrogens with zero attached hydrogens (tertiary/aromatic N) is 1. The van der Waals surface area contributed by atoms with Gasteiger partial charge in [0.25, 0.3) is 5.91 Å². The first-order valence-corrected chi connectivity index (χ1v) is 8.01. The zero-order valence-electron chi connectivity index (χ0n) is 11.9. The number of benzene rings is 2. The van der Waals surface area contributed by atoms with Crippen molar-refractivity contribution in [3.63, 3.8) is 0 Å². The average molecular weight is 392 g/mol. The number of anilines is 1. The molecule has 0 aliphatic rings. The minimum Gasteiger partial charge on any atom is -0.484 e. The predicted octanol–water partition coefficient (Wildman–Crippen LogP) is 4.67. The molecule has 2 aromatic carbocycles. The second-order valence-corrected chi connectivity index (χ2v) is 6.20. The van der Waals surface area contributed by atoms with Gasteiger partial charge in [-0.05, 0) is 47.2 Å². The van der Waals surface area contributed by atoms with E-state index in [0.717, 1.165) is 15.2 Å². The summed E-state index contributed by atoms with van der Waals surface area (Å²) >= 11 is 9.19. The van der Waals surface area contributed by atoms with Gasteiger partial charge in [-0.3, -0.25) is 4.79 Å². The molecular weight excluding hydrogens is 380 g/mol. The van der Waals surface area contributed by atoms with Gasteiger partial charge in [0.1, 0.15) is 11.6 Å². The van der Waals surface area contributed by atoms with E-state index < -0.39 is 0 Å². The summed E-state index contributed by atoms with van der Waals surface area (Å²) in [6.45, 7) is -0.0934. The molecule has 0 aliphatic carbocycles. The van der Waals surface area contributed by atoms with Crippen LogP contribution in [0.5, 0.6) is 5.75 Å². The van der Waals surface area contributed by atoms with Crippen molar-refractivity contribution in [2.45, 2.75) is 0 Å². The zero-order valence-corrected chi connectivity index (χ0v) is 14.3. The number of hydrogen-bond donors (Lipinski definition) is 1. The van der Waals surface area contributed by atoms with E-state index in [1.165, 1.54) is 6.20 Å². The molecule has 4 nitrogen and oxygen atoms in total. The van der Waals surface area contributed by atoms with Crippen LogP contribution in [0.4, 0.5) is 5.82 Å². The Bertz CT molecular complexity index is 853. The van der Waals surface area contributed by atoms with E-state index in [-0.39, 0.29) is 12.5 Å². The van der Waals surface area contributed by atoms with Gasteiger partial charge in [0.15, 0.2) is 6.61 Å². The topological polar surface area (TPSA) is 51.2 Å². The first-order chi connectivity index (χ1) is 11.1. The third kappa shape index (κ3) is 4.21. The van der Waals surface area contributed by atoms with Crippen molar-refractivity contribution >= 4 is 50.0 Å². The van der Waals surface area contributed by atoms with Gasteiger partial charge in [0, 0.05) is 10.7 Å². The molecule has 1 amide bonds. The van der Waals surface area contributed by atoms with Crippen molar-refractivity contribution in [1.82, 2.24) is 4.98 Å². The standard InChI is InChI=1S/C17H12BrClN2O2/c18-13-3-1-11-2-5-15(8-12(11)7-13)23-10-17(22)21-16-6-4-14(19)9-20-16/h1-9H,10H2,(H,20,21,22). The lowest BCUT2D eigenvalue weighted by molar-refractivity contribution is -0.118. The number of halogens is 2. The molecule has 0 aliphatic heterocycles. The van der Waals surface area contributed by atoms with Gasteiger partial charge in [0.2, 0.25) is 0 Å². The van der Waals surface area contributed by atoms with Crippen molar-refractivity contribution in [2.24, 2.45) is 0 Å². The number of pyridine rings is 1. The number of ether oxygens (including phenoxy) is 1. The van der Waals surface area contributed by atoms with E-state index in [2.05, 4.69) is 26.2 Å². The number of carbonyl (C=O) groups excluding carboxylic acids is 1. The molecular formula is C17H12BrClN2O2. The highest BCUT2D eigenvalue weighted by molar-refractivity contribution is 9.10. The minimum atomic E-state index is -0.283. The second kappa shape index (κ2) is 6.98. The van der Waals surface area contributed by atoms with Gasteiger partial charge < -0.3 is 10.1 Å². The van der Waals surface area contributed by atoms with Crippen LogP contribution in [0.3, 0.4) is 0 Å². The largest absolute Gasteiger partial charge is 0.484 e. The van der Waals surface area contributed by atoms with Crippen molar-refractivity contribution < 1.29 is 9.53 Å². The van der Waals surface area contributed by atoms with Crippen molar-refractivity contribution in [1.29, 1.82) is 0 Å². The maximum Gasteiger partial charge on any atom is 0.263 e. The van der Waals surface area contributed by atoms with E-state index in [9.17, 15) is 4.79 Å². The van der Waals surface area contributed by atoms with Crippen LogP contribution in [0.2, 0.25) is 5.02 Å². The van der Waals surface area contributed by atoms with Crippen LogP contribution < -0.4 is 10.1 Å². The number of carbonyl (C=O) groups is 1. The summed E-state index contributed by atoms with van der Waals surface area (Å²) in [7, 11) is 0. The molecule has 0 bridgehead atoms. The van der Waals surface area contributed by atoms with Crippen LogP contribution in [0, 0.1) is 0 Å². The summed E-state index contributed by atoms with van der Waals surface area (Å²) in [5.74, 6) is 0.786. The molecule has 23 heavy (non-hydrogen) atoms. The number of nitrogens with one attached hydrogen (secondary N) is 1. The fourth-order valence-electron chi connectivity index (χ4n) is 2.06. The molecule has 0 fully saturated rings. The molecule has 0 unspecified atom stereocenters. The Balaban J connectivity index is 1.63. The monoisotopic (exact) mass is 390 g/mol. The highest BCUT2D eigenvalue weighted by Crippen LogP contribution is 2.24. The lowest BCUT2D eigenvalue weighted by atomic mass is 10.1. The van der Waals surface area contributed by atoms with Crippen LogP contribution >= 0.6 is 27.5 Å². The van der Waals surface area contributed by atoms with Gasteiger partial charge in [-0.15, -0.1) is 0 Å². The summed E-state index contributed by atoms with van der Waals surface area (Å²) in [6, 6.07) is 15.0. The number of rotatable bonds is 4. The molecule has 3 aromatic rings. The number of aromatic nitrogens is 1. The third-order valence-corrected chi connectivity index (χ3v) is 3.86. The Morgan fingerprint density at radius 1 is 1.13 bits per heavy atom. The van der Waals surface area contributed by atoms with Crippen LogP contribution in [0.25, 0.3) is 10.8 Å². The van der Waals surface area contributed by atoms with E-state index in [1.54, 1.807) is 12.1 Å². The third-order valence-electron chi connectivity index (χ3n) is 3.14. The predicted molar refractivity (Wildman–Crippen MR) is 95.0 cm³/mol.